The predicted octanol–water partition coefficient (Wildman–Crippen LogP) is 2.35. The highest BCUT2D eigenvalue weighted by molar-refractivity contribution is 7.86. The molecule has 0 spiro atoms. The molecule has 0 N–H and O–H groups in total. The Labute approximate surface area is 112 Å². The molecular formula is C13H16O5S. The lowest BCUT2D eigenvalue weighted by Crippen LogP contribution is -2.18. The van der Waals surface area contributed by atoms with Crippen LogP contribution < -0.4 is 0 Å². The summed E-state index contributed by atoms with van der Waals surface area (Å²) in [6.07, 6.45) is 3.38. The van der Waals surface area contributed by atoms with Gasteiger partial charge in [0.05, 0.1) is 10.8 Å². The van der Waals surface area contributed by atoms with Crippen molar-refractivity contribution in [2.45, 2.75) is 37.5 Å². The van der Waals surface area contributed by atoms with E-state index in [1.54, 1.807) is 12.1 Å². The van der Waals surface area contributed by atoms with Crippen molar-refractivity contribution in [3.05, 3.63) is 29.8 Å². The summed E-state index contributed by atoms with van der Waals surface area (Å²) in [7, 11) is -4.04. The Balaban J connectivity index is 1.97. The van der Waals surface area contributed by atoms with Crippen LogP contribution in [-0.2, 0) is 24.1 Å². The molecule has 1 aliphatic rings. The van der Waals surface area contributed by atoms with Gasteiger partial charge in [0.2, 0.25) is 0 Å². The monoisotopic (exact) mass is 284 g/mol. The summed E-state index contributed by atoms with van der Waals surface area (Å²) in [5, 5.41) is 0. The summed E-state index contributed by atoms with van der Waals surface area (Å²) < 4.78 is 27.9. The maximum Gasteiger partial charge on any atom is 0.347 e. The first kappa shape index (κ1) is 14.0. The lowest BCUT2D eigenvalue weighted by Gasteiger charge is -2.08. The maximum absolute atomic E-state index is 11.8. The van der Waals surface area contributed by atoms with Gasteiger partial charge in [0.25, 0.3) is 0 Å². The molecule has 0 atom stereocenters. The molecule has 2 rings (SSSR count). The molecule has 19 heavy (non-hydrogen) atoms. The van der Waals surface area contributed by atoms with Crippen LogP contribution in [0.15, 0.2) is 29.2 Å². The van der Waals surface area contributed by atoms with E-state index in [1.165, 1.54) is 12.1 Å². The van der Waals surface area contributed by atoms with Crippen LogP contribution in [0.4, 0.5) is 0 Å². The van der Waals surface area contributed by atoms with Crippen LogP contribution >= 0.6 is 0 Å². The second-order valence-electron chi connectivity index (χ2n) is 4.72. The topological polar surface area (TPSA) is 69.7 Å². The third-order valence-corrected chi connectivity index (χ3v) is 4.30. The number of carbonyl (C=O) groups excluding carboxylic acids is 1. The van der Waals surface area contributed by atoms with E-state index in [-0.39, 0.29) is 10.8 Å². The molecule has 104 valence electrons. The molecule has 1 aliphatic carbocycles. The first-order valence-electron chi connectivity index (χ1n) is 6.21. The zero-order valence-electron chi connectivity index (χ0n) is 10.7. The van der Waals surface area contributed by atoms with E-state index in [0.717, 1.165) is 31.2 Å². The van der Waals surface area contributed by atoms with Crippen molar-refractivity contribution in [1.29, 1.82) is 0 Å². The molecule has 5 nitrogen and oxygen atoms in total. The van der Waals surface area contributed by atoms with Crippen molar-refractivity contribution < 1.29 is 22.4 Å². The van der Waals surface area contributed by atoms with Crippen LogP contribution in [0, 0.1) is 12.8 Å². The minimum Gasteiger partial charge on any atom is -0.281 e. The smallest absolute Gasteiger partial charge is 0.281 e. The Bertz CT molecular complexity index is 541. The highest BCUT2D eigenvalue weighted by atomic mass is 32.2. The van der Waals surface area contributed by atoms with Gasteiger partial charge in [-0.15, -0.1) is 0 Å². The highest BCUT2D eigenvalue weighted by Crippen LogP contribution is 2.26. The van der Waals surface area contributed by atoms with Crippen LogP contribution in [0.5, 0.6) is 0 Å². The summed E-state index contributed by atoms with van der Waals surface area (Å²) in [5.74, 6) is -0.846. The molecule has 1 aromatic carbocycles. The molecule has 0 aromatic heterocycles. The second-order valence-corrected chi connectivity index (χ2v) is 6.23. The lowest BCUT2D eigenvalue weighted by molar-refractivity contribution is -0.216. The van der Waals surface area contributed by atoms with Gasteiger partial charge in [0, 0.05) is 0 Å². The number of hydrogen-bond acceptors (Lipinski definition) is 5. The Kier molecular flexibility index (Phi) is 4.21. The zero-order valence-corrected chi connectivity index (χ0v) is 11.5. The van der Waals surface area contributed by atoms with E-state index in [9.17, 15) is 13.2 Å². The van der Waals surface area contributed by atoms with E-state index < -0.39 is 16.1 Å². The second kappa shape index (κ2) is 5.71. The Morgan fingerprint density at radius 1 is 1.16 bits per heavy atom. The molecule has 0 aliphatic heterocycles. The largest absolute Gasteiger partial charge is 0.347 e. The first-order chi connectivity index (χ1) is 8.99. The van der Waals surface area contributed by atoms with E-state index in [1.807, 2.05) is 6.92 Å². The number of aryl methyl sites for hydroxylation is 1. The molecule has 0 radical (unpaired) electrons. The van der Waals surface area contributed by atoms with Gasteiger partial charge in [-0.1, -0.05) is 30.5 Å². The van der Waals surface area contributed by atoms with E-state index in [4.69, 9.17) is 0 Å². The van der Waals surface area contributed by atoms with Crippen LogP contribution in [0.1, 0.15) is 31.2 Å². The third-order valence-electron chi connectivity index (χ3n) is 3.20. The van der Waals surface area contributed by atoms with Crippen molar-refractivity contribution in [2.75, 3.05) is 0 Å². The van der Waals surface area contributed by atoms with Gasteiger partial charge in [-0.25, -0.2) is 4.79 Å². The van der Waals surface area contributed by atoms with Gasteiger partial charge >= 0.3 is 16.1 Å². The van der Waals surface area contributed by atoms with Gasteiger partial charge in [-0.3, -0.25) is 4.89 Å². The van der Waals surface area contributed by atoms with E-state index in [2.05, 4.69) is 9.22 Å². The minimum atomic E-state index is -4.04. The van der Waals surface area contributed by atoms with Crippen molar-refractivity contribution in [3.8, 4) is 0 Å². The fourth-order valence-corrected chi connectivity index (χ4v) is 2.76. The molecule has 1 saturated carbocycles. The van der Waals surface area contributed by atoms with Crippen molar-refractivity contribution in [2.24, 2.45) is 5.92 Å². The Morgan fingerprint density at radius 3 is 2.32 bits per heavy atom. The Hall–Kier alpha value is -1.40. The van der Waals surface area contributed by atoms with Crippen molar-refractivity contribution >= 4 is 16.1 Å². The number of benzene rings is 1. The standard InChI is InChI=1S/C13H16O5S/c1-10-6-8-12(9-7-10)19(15,16)18-17-13(14)11-4-2-3-5-11/h6-9,11H,2-5H2,1H3. The van der Waals surface area contributed by atoms with Gasteiger partial charge in [0.15, 0.2) is 0 Å². The molecule has 0 bridgehead atoms. The fourth-order valence-electron chi connectivity index (χ4n) is 2.05. The highest BCUT2D eigenvalue weighted by Gasteiger charge is 2.27. The van der Waals surface area contributed by atoms with E-state index in [0.29, 0.717) is 0 Å². The number of carbonyl (C=O) groups is 1. The van der Waals surface area contributed by atoms with Gasteiger partial charge in [-0.2, -0.15) is 8.42 Å². The summed E-state index contributed by atoms with van der Waals surface area (Å²) in [4.78, 5) is 16.0. The molecule has 0 amide bonds. The SMILES string of the molecule is Cc1ccc(S(=O)(=O)OOC(=O)C2CCCC2)cc1. The zero-order chi connectivity index (χ0) is 13.9. The average molecular weight is 284 g/mol. The molecule has 1 aromatic rings. The van der Waals surface area contributed by atoms with Crippen LogP contribution in [0.2, 0.25) is 0 Å². The predicted molar refractivity (Wildman–Crippen MR) is 67.5 cm³/mol. The minimum absolute atomic E-state index is 0.0303. The Morgan fingerprint density at radius 2 is 1.74 bits per heavy atom. The first-order valence-corrected chi connectivity index (χ1v) is 7.61. The lowest BCUT2D eigenvalue weighted by atomic mass is 10.1. The summed E-state index contributed by atoms with van der Waals surface area (Å²) >= 11 is 0. The fraction of sp³-hybridized carbons (Fsp3) is 0.462. The van der Waals surface area contributed by atoms with Crippen molar-refractivity contribution in [3.63, 3.8) is 0 Å². The third kappa shape index (κ3) is 3.54. The summed E-state index contributed by atoms with van der Waals surface area (Å²) in [6, 6.07) is 6.12. The number of rotatable bonds is 4. The average Bonchev–Trinajstić information content (AvgIpc) is 2.90. The quantitative estimate of drug-likeness (QED) is 0.627. The summed E-state index contributed by atoms with van der Waals surface area (Å²) in [6.45, 7) is 1.84. The molecule has 6 heteroatoms. The molecule has 1 fully saturated rings. The molecule has 0 saturated heterocycles. The summed E-state index contributed by atoms with van der Waals surface area (Å²) in [5.41, 5.74) is 0.932. The normalized spacial score (nSPS) is 16.5. The van der Waals surface area contributed by atoms with Gasteiger partial charge in [0.1, 0.15) is 0 Å². The van der Waals surface area contributed by atoms with Gasteiger partial charge in [-0.05, 0) is 36.2 Å². The van der Waals surface area contributed by atoms with Crippen molar-refractivity contribution in [1.82, 2.24) is 0 Å². The van der Waals surface area contributed by atoms with Crippen LogP contribution in [0.25, 0.3) is 0 Å². The van der Waals surface area contributed by atoms with Crippen LogP contribution in [0.3, 0.4) is 0 Å². The molecular weight excluding hydrogens is 268 g/mol. The van der Waals surface area contributed by atoms with Gasteiger partial charge < -0.3 is 0 Å². The number of hydrogen-bond donors (Lipinski definition) is 0. The van der Waals surface area contributed by atoms with E-state index >= 15 is 0 Å². The maximum atomic E-state index is 11.8. The molecule has 0 heterocycles. The van der Waals surface area contributed by atoms with Crippen LogP contribution in [-0.4, -0.2) is 14.4 Å². The molecule has 0 unspecified atom stereocenters.